The van der Waals surface area contributed by atoms with Crippen molar-refractivity contribution in [3.05, 3.63) is 29.8 Å². The van der Waals surface area contributed by atoms with E-state index in [2.05, 4.69) is 19.9 Å². The van der Waals surface area contributed by atoms with Crippen LogP contribution in [0.5, 0.6) is 0 Å². The summed E-state index contributed by atoms with van der Waals surface area (Å²) < 4.78 is 0. The molecule has 106 valence electrons. The maximum Gasteiger partial charge on any atom is 0.326 e. The van der Waals surface area contributed by atoms with Crippen molar-refractivity contribution in [2.75, 3.05) is 11.4 Å². The first kappa shape index (κ1) is 15.5. The predicted molar refractivity (Wildman–Crippen MR) is 79.8 cm³/mol. The Morgan fingerprint density at radius 3 is 2.53 bits per heavy atom. The Morgan fingerprint density at radius 1 is 1.26 bits per heavy atom. The molecular formula is C16H25NO2. The van der Waals surface area contributed by atoms with E-state index < -0.39 is 12.0 Å². The number of anilines is 1. The minimum Gasteiger partial charge on any atom is -0.480 e. The van der Waals surface area contributed by atoms with E-state index in [-0.39, 0.29) is 0 Å². The molecule has 0 aromatic heterocycles. The molecular weight excluding hydrogens is 238 g/mol. The van der Waals surface area contributed by atoms with Crippen LogP contribution in [0.2, 0.25) is 0 Å². The zero-order valence-corrected chi connectivity index (χ0v) is 12.2. The number of aryl methyl sites for hydroxylation is 1. The molecule has 0 aliphatic rings. The van der Waals surface area contributed by atoms with Gasteiger partial charge in [0.2, 0.25) is 0 Å². The predicted octanol–water partition coefficient (Wildman–Crippen LogP) is 3.72. The molecule has 3 nitrogen and oxygen atoms in total. The first-order valence-electron chi connectivity index (χ1n) is 7.19. The quantitative estimate of drug-likeness (QED) is 0.727. The molecule has 0 fully saturated rings. The lowest BCUT2D eigenvalue weighted by atomic mass is 10.1. The van der Waals surface area contributed by atoms with Gasteiger partial charge in [0, 0.05) is 12.2 Å². The second-order valence-corrected chi connectivity index (χ2v) is 4.90. The van der Waals surface area contributed by atoms with Crippen molar-refractivity contribution >= 4 is 11.7 Å². The summed E-state index contributed by atoms with van der Waals surface area (Å²) in [5.41, 5.74) is 2.28. The number of para-hydroxylation sites is 1. The zero-order valence-electron chi connectivity index (χ0n) is 12.2. The van der Waals surface area contributed by atoms with E-state index in [4.69, 9.17) is 0 Å². The molecule has 0 heterocycles. The van der Waals surface area contributed by atoms with Crippen LogP contribution in [0.3, 0.4) is 0 Å². The van der Waals surface area contributed by atoms with Crippen molar-refractivity contribution < 1.29 is 9.90 Å². The highest BCUT2D eigenvalue weighted by atomic mass is 16.4. The number of hydrogen-bond acceptors (Lipinski definition) is 2. The van der Waals surface area contributed by atoms with Crippen molar-refractivity contribution in [3.63, 3.8) is 0 Å². The van der Waals surface area contributed by atoms with Gasteiger partial charge in [0.15, 0.2) is 0 Å². The van der Waals surface area contributed by atoms with E-state index in [9.17, 15) is 9.90 Å². The summed E-state index contributed by atoms with van der Waals surface area (Å²) in [5, 5.41) is 9.29. The summed E-state index contributed by atoms with van der Waals surface area (Å²) in [6.07, 6.45) is 4.24. The SMILES string of the molecule is CCCCCN(c1ccccc1CC)C(C)C(=O)O. The van der Waals surface area contributed by atoms with Gasteiger partial charge in [-0.05, 0) is 31.4 Å². The second-order valence-electron chi connectivity index (χ2n) is 4.90. The third-order valence-electron chi connectivity index (χ3n) is 3.51. The Hall–Kier alpha value is -1.51. The number of unbranched alkanes of at least 4 members (excludes halogenated alkanes) is 2. The number of hydrogen-bond donors (Lipinski definition) is 1. The third-order valence-corrected chi connectivity index (χ3v) is 3.51. The molecule has 0 bridgehead atoms. The average Bonchev–Trinajstić information content (AvgIpc) is 2.43. The molecule has 0 radical (unpaired) electrons. The van der Waals surface area contributed by atoms with E-state index >= 15 is 0 Å². The molecule has 19 heavy (non-hydrogen) atoms. The van der Waals surface area contributed by atoms with Crippen LogP contribution in [-0.2, 0) is 11.2 Å². The number of carboxylic acid groups (broad SMARTS) is 1. The van der Waals surface area contributed by atoms with E-state index in [1.54, 1.807) is 6.92 Å². The molecule has 0 saturated carbocycles. The Morgan fingerprint density at radius 2 is 1.95 bits per heavy atom. The van der Waals surface area contributed by atoms with Gasteiger partial charge in [-0.1, -0.05) is 44.9 Å². The lowest BCUT2D eigenvalue weighted by Crippen LogP contribution is -2.40. The van der Waals surface area contributed by atoms with Crippen molar-refractivity contribution in [2.45, 2.75) is 52.5 Å². The summed E-state index contributed by atoms with van der Waals surface area (Å²) in [5.74, 6) is -0.762. The van der Waals surface area contributed by atoms with Crippen molar-refractivity contribution in [3.8, 4) is 0 Å². The molecule has 1 aromatic carbocycles. The van der Waals surface area contributed by atoms with Gasteiger partial charge in [-0.25, -0.2) is 4.79 Å². The van der Waals surface area contributed by atoms with Gasteiger partial charge in [-0.15, -0.1) is 0 Å². The van der Waals surface area contributed by atoms with Crippen molar-refractivity contribution in [2.24, 2.45) is 0 Å². The molecule has 3 heteroatoms. The van der Waals surface area contributed by atoms with Crippen LogP contribution in [0.15, 0.2) is 24.3 Å². The summed E-state index contributed by atoms with van der Waals surface area (Å²) >= 11 is 0. The van der Waals surface area contributed by atoms with E-state index in [0.717, 1.165) is 37.9 Å². The number of aliphatic carboxylic acids is 1. The summed E-state index contributed by atoms with van der Waals surface area (Å²) in [6, 6.07) is 7.62. The van der Waals surface area contributed by atoms with Crippen LogP contribution in [0.25, 0.3) is 0 Å². The molecule has 1 rings (SSSR count). The molecule has 1 atom stereocenters. The minimum absolute atomic E-state index is 0.482. The maximum absolute atomic E-state index is 11.3. The van der Waals surface area contributed by atoms with Crippen LogP contribution in [0.1, 0.15) is 45.6 Å². The summed E-state index contributed by atoms with van der Waals surface area (Å²) in [7, 11) is 0. The van der Waals surface area contributed by atoms with Crippen LogP contribution in [-0.4, -0.2) is 23.7 Å². The van der Waals surface area contributed by atoms with Gasteiger partial charge in [-0.2, -0.15) is 0 Å². The largest absolute Gasteiger partial charge is 0.480 e. The van der Waals surface area contributed by atoms with E-state index in [0.29, 0.717) is 0 Å². The number of rotatable bonds is 8. The fourth-order valence-corrected chi connectivity index (χ4v) is 2.28. The van der Waals surface area contributed by atoms with Crippen LogP contribution < -0.4 is 4.90 Å². The molecule has 1 aromatic rings. The number of carboxylic acids is 1. The van der Waals surface area contributed by atoms with Gasteiger partial charge < -0.3 is 10.0 Å². The van der Waals surface area contributed by atoms with Crippen LogP contribution >= 0.6 is 0 Å². The smallest absolute Gasteiger partial charge is 0.326 e. The topological polar surface area (TPSA) is 40.5 Å². The minimum atomic E-state index is -0.762. The molecule has 0 saturated heterocycles. The molecule has 1 unspecified atom stereocenters. The summed E-state index contributed by atoms with van der Waals surface area (Å²) in [6.45, 7) is 6.83. The highest BCUT2D eigenvalue weighted by molar-refractivity contribution is 5.78. The number of benzene rings is 1. The third kappa shape index (κ3) is 4.27. The van der Waals surface area contributed by atoms with Gasteiger partial charge in [-0.3, -0.25) is 0 Å². The molecule has 1 N–H and O–H groups in total. The van der Waals surface area contributed by atoms with Crippen molar-refractivity contribution in [1.82, 2.24) is 0 Å². The fraction of sp³-hybridized carbons (Fsp3) is 0.562. The Labute approximate surface area is 116 Å². The Bertz CT molecular complexity index is 403. The van der Waals surface area contributed by atoms with Crippen LogP contribution in [0, 0.1) is 0 Å². The second kappa shape index (κ2) is 7.82. The van der Waals surface area contributed by atoms with Gasteiger partial charge in [0.1, 0.15) is 6.04 Å². The number of carbonyl (C=O) groups is 1. The first-order chi connectivity index (χ1) is 9.11. The Balaban J connectivity index is 2.97. The molecule has 0 aliphatic heterocycles. The lowest BCUT2D eigenvalue weighted by Gasteiger charge is -2.30. The zero-order chi connectivity index (χ0) is 14.3. The van der Waals surface area contributed by atoms with Gasteiger partial charge in [0.05, 0.1) is 0 Å². The van der Waals surface area contributed by atoms with E-state index in [1.165, 1.54) is 5.56 Å². The molecule has 0 aliphatic carbocycles. The average molecular weight is 263 g/mol. The highest BCUT2D eigenvalue weighted by Crippen LogP contribution is 2.23. The van der Waals surface area contributed by atoms with Gasteiger partial charge >= 0.3 is 5.97 Å². The lowest BCUT2D eigenvalue weighted by molar-refractivity contribution is -0.138. The van der Waals surface area contributed by atoms with Crippen LogP contribution in [0.4, 0.5) is 5.69 Å². The number of nitrogens with zero attached hydrogens (tertiary/aromatic N) is 1. The molecule has 0 spiro atoms. The Kier molecular flexibility index (Phi) is 6.40. The van der Waals surface area contributed by atoms with E-state index in [1.807, 2.05) is 23.1 Å². The normalized spacial score (nSPS) is 12.2. The van der Waals surface area contributed by atoms with Gasteiger partial charge in [0.25, 0.3) is 0 Å². The highest BCUT2D eigenvalue weighted by Gasteiger charge is 2.21. The molecule has 0 amide bonds. The summed E-state index contributed by atoms with van der Waals surface area (Å²) in [4.78, 5) is 13.3. The fourth-order valence-electron chi connectivity index (χ4n) is 2.28. The first-order valence-corrected chi connectivity index (χ1v) is 7.19. The van der Waals surface area contributed by atoms with Crippen molar-refractivity contribution in [1.29, 1.82) is 0 Å². The monoisotopic (exact) mass is 263 g/mol. The standard InChI is InChI=1S/C16H25NO2/c1-4-6-9-12-17(13(3)16(18)19)15-11-8-7-10-14(15)5-2/h7-8,10-11,13H,4-6,9,12H2,1-3H3,(H,18,19). The maximum atomic E-state index is 11.3.